The molecule has 8 rings (SSSR count). The van der Waals surface area contributed by atoms with Crippen molar-refractivity contribution in [1.82, 2.24) is 29.9 Å². The molecule has 3 atom stereocenters. The highest BCUT2D eigenvalue weighted by atomic mass is 32.2. The van der Waals surface area contributed by atoms with E-state index in [1.807, 2.05) is 0 Å². The first-order valence-corrected chi connectivity index (χ1v) is 23.8. The van der Waals surface area contributed by atoms with Gasteiger partial charge in [-0.3, -0.25) is 18.9 Å². The number of sulfone groups is 1. The molecule has 2 aromatic carbocycles. The zero-order valence-electron chi connectivity index (χ0n) is 34.9. The lowest BCUT2D eigenvalue weighted by atomic mass is 9.73. The van der Waals surface area contributed by atoms with Crippen LogP contribution in [0.3, 0.4) is 0 Å². The average Bonchev–Trinajstić information content (AvgIpc) is 3.89. The van der Waals surface area contributed by atoms with Crippen molar-refractivity contribution in [1.29, 1.82) is 0 Å². The predicted octanol–water partition coefficient (Wildman–Crippen LogP) is 7.94. The summed E-state index contributed by atoms with van der Waals surface area (Å²) in [4.78, 5) is 18.9. The number of carbonyl (C=O) groups excluding carboxylic acids is 1. The Morgan fingerprint density at radius 2 is 1.63 bits per heavy atom. The number of nitrogens with zero attached hydrogens (tertiary/aromatic N) is 5. The number of nitrogens with one attached hydrogen (secondary N) is 2. The summed E-state index contributed by atoms with van der Waals surface area (Å²) in [7, 11) is -7.74. The van der Waals surface area contributed by atoms with Gasteiger partial charge < -0.3 is 5.32 Å². The number of benzene rings is 2. The predicted molar refractivity (Wildman–Crippen MR) is 222 cm³/mol. The molecule has 0 spiro atoms. The number of rotatable bonds is 15. The Hall–Kier alpha value is -5.56. The van der Waals surface area contributed by atoms with Gasteiger partial charge in [0.05, 0.1) is 28.3 Å². The third kappa shape index (κ3) is 8.68. The van der Waals surface area contributed by atoms with E-state index in [-0.39, 0.29) is 63.2 Å². The van der Waals surface area contributed by atoms with E-state index in [1.54, 1.807) is 0 Å². The van der Waals surface area contributed by atoms with Crippen LogP contribution in [0.15, 0.2) is 48.5 Å². The fourth-order valence-corrected chi connectivity index (χ4v) is 11.0. The first kappa shape index (κ1) is 46.0. The van der Waals surface area contributed by atoms with Crippen molar-refractivity contribution in [2.45, 2.75) is 107 Å². The van der Waals surface area contributed by atoms with Gasteiger partial charge in [-0.1, -0.05) is 18.1 Å². The maximum Gasteiger partial charge on any atom is 0.293 e. The van der Waals surface area contributed by atoms with E-state index in [4.69, 9.17) is 4.98 Å². The first-order chi connectivity index (χ1) is 30.5. The lowest BCUT2D eigenvalue weighted by Crippen LogP contribution is -2.36. The Bertz CT molecular complexity index is 2990. The second-order valence-corrected chi connectivity index (χ2v) is 21.7. The standard InChI is InChI=1S/C43H41F8N7O5S2/c1-4-64(60,61)56-41-30-7-5-6-28(38(30)57(55-41)20-33(46)47)27-11-8-25(14-15-42(2,3)65(62,63)26-9-10-26)52-36(27)32(18-22-16-23(44)19-24(45)17-22)53-34(59)21-58-39-35(37(54-58)40(48)49)29-12-13-31(29)43(39,50)51/h5-8,11,16-17,19,26,29,31-33,40H,4,9-10,12-13,18,20-21H2,1-3H3,(H,53,59)(H,55,56)/t29-,31+,32-/m0/s1. The summed E-state index contributed by atoms with van der Waals surface area (Å²) >= 11 is 0. The number of hydrogen-bond acceptors (Lipinski definition) is 8. The summed E-state index contributed by atoms with van der Waals surface area (Å²) in [6.45, 7) is 2.14. The first-order valence-electron chi connectivity index (χ1n) is 20.6. The lowest BCUT2D eigenvalue weighted by molar-refractivity contribution is -0.123. The number of alkyl halides is 6. The van der Waals surface area contributed by atoms with Crippen LogP contribution in [0.5, 0.6) is 0 Å². The van der Waals surface area contributed by atoms with E-state index in [0.29, 0.717) is 23.6 Å². The van der Waals surface area contributed by atoms with Crippen molar-refractivity contribution in [3.63, 3.8) is 0 Å². The molecular weight excluding hydrogens is 911 g/mol. The molecule has 0 bridgehead atoms. The largest absolute Gasteiger partial charge is 0.346 e. The second-order valence-electron chi connectivity index (χ2n) is 16.9. The van der Waals surface area contributed by atoms with E-state index in [1.165, 1.54) is 51.1 Å². The van der Waals surface area contributed by atoms with E-state index in [2.05, 4.69) is 32.1 Å². The van der Waals surface area contributed by atoms with Crippen LogP contribution < -0.4 is 10.0 Å². The number of halogens is 8. The summed E-state index contributed by atoms with van der Waals surface area (Å²) in [5.74, 6) is -3.99. The monoisotopic (exact) mass is 951 g/mol. The number of amides is 1. The van der Waals surface area contributed by atoms with Gasteiger partial charge in [-0.15, -0.1) is 0 Å². The molecule has 2 N–H and O–H groups in total. The van der Waals surface area contributed by atoms with Gasteiger partial charge in [0.25, 0.3) is 18.8 Å². The molecule has 1 amide bonds. The summed E-state index contributed by atoms with van der Waals surface area (Å²) in [6.07, 6.45) is -5.50. The number of sulfonamides is 1. The smallest absolute Gasteiger partial charge is 0.293 e. The highest BCUT2D eigenvalue weighted by Gasteiger charge is 2.62. The summed E-state index contributed by atoms with van der Waals surface area (Å²) in [5, 5.41) is 10.0. The van der Waals surface area contributed by atoms with Gasteiger partial charge in [-0.25, -0.2) is 48.2 Å². The molecule has 3 aliphatic carbocycles. The molecule has 5 aromatic rings. The van der Waals surface area contributed by atoms with Crippen LogP contribution >= 0.6 is 0 Å². The molecule has 346 valence electrons. The highest BCUT2D eigenvalue weighted by Crippen LogP contribution is 2.63. The molecular formula is C43H41F8N7O5S2. The van der Waals surface area contributed by atoms with Gasteiger partial charge >= 0.3 is 0 Å². The van der Waals surface area contributed by atoms with Crippen molar-refractivity contribution in [3.8, 4) is 23.0 Å². The Kier molecular flexibility index (Phi) is 11.8. The van der Waals surface area contributed by atoms with E-state index in [0.717, 1.165) is 16.8 Å². The third-order valence-electron chi connectivity index (χ3n) is 12.1. The maximum atomic E-state index is 15.8. The molecule has 2 saturated carbocycles. The number of fused-ring (bicyclic) bond motifs is 4. The topological polar surface area (TPSA) is 158 Å². The third-order valence-corrected chi connectivity index (χ3v) is 16.2. The molecule has 0 radical (unpaired) electrons. The van der Waals surface area contributed by atoms with E-state index >= 15 is 8.78 Å². The van der Waals surface area contributed by atoms with Crippen LogP contribution in [-0.4, -0.2) is 69.5 Å². The molecule has 0 saturated heterocycles. The molecule has 12 nitrogen and oxygen atoms in total. The fourth-order valence-electron chi connectivity index (χ4n) is 8.63. The van der Waals surface area contributed by atoms with Crippen molar-refractivity contribution < 1.29 is 56.8 Å². The number of pyridine rings is 1. The van der Waals surface area contributed by atoms with Crippen LogP contribution in [0, 0.1) is 29.4 Å². The minimum absolute atomic E-state index is 0.0366. The van der Waals surface area contributed by atoms with Crippen LogP contribution in [-0.2, 0) is 50.1 Å². The quantitative estimate of drug-likeness (QED) is 0.0791. The Labute approximate surface area is 368 Å². The minimum atomic E-state index is -4.00. The molecule has 3 aliphatic rings. The zero-order chi connectivity index (χ0) is 47.0. The van der Waals surface area contributed by atoms with Gasteiger partial charge in [0, 0.05) is 34.1 Å². The zero-order valence-corrected chi connectivity index (χ0v) is 36.5. The van der Waals surface area contributed by atoms with E-state index < -0.39 is 121 Å². The van der Waals surface area contributed by atoms with Gasteiger partial charge in [0.1, 0.15) is 46.6 Å². The van der Waals surface area contributed by atoms with Crippen molar-refractivity contribution in [3.05, 3.63) is 94.1 Å². The number of hydrogen-bond donors (Lipinski definition) is 2. The molecule has 3 aromatic heterocycles. The van der Waals surface area contributed by atoms with Crippen LogP contribution in [0.4, 0.5) is 40.9 Å². The average molecular weight is 952 g/mol. The number of carbonyl (C=O) groups is 1. The van der Waals surface area contributed by atoms with E-state index in [9.17, 15) is 48.0 Å². The lowest BCUT2D eigenvalue weighted by Gasteiger charge is -2.34. The fraction of sp³-hybridized carbons (Fsp3) is 0.442. The number of anilines is 1. The van der Waals surface area contributed by atoms with Gasteiger partial charge in [0.2, 0.25) is 15.9 Å². The number of aromatic nitrogens is 5. The van der Waals surface area contributed by atoms with Crippen LogP contribution in [0.1, 0.15) is 98.7 Å². The summed E-state index contributed by atoms with van der Waals surface area (Å²) in [5.41, 5.74) is -2.20. The second kappa shape index (κ2) is 16.7. The summed E-state index contributed by atoms with van der Waals surface area (Å²) < 4.78 is 172. The highest BCUT2D eigenvalue weighted by molar-refractivity contribution is 7.94. The van der Waals surface area contributed by atoms with Crippen molar-refractivity contribution in [2.75, 3.05) is 10.5 Å². The minimum Gasteiger partial charge on any atom is -0.346 e. The molecule has 0 aliphatic heterocycles. The van der Waals surface area contributed by atoms with Crippen LogP contribution in [0.2, 0.25) is 0 Å². The van der Waals surface area contributed by atoms with Crippen molar-refractivity contribution >= 4 is 42.5 Å². The SMILES string of the molecule is CCS(=O)(=O)Nc1nn(CC(F)F)c2c(-c3ccc(C#CC(C)(C)S(=O)(=O)C4CC4)nc3[C@H](Cc3cc(F)cc(F)c3)NC(=O)Cn3nc(C(F)F)c4c3C(F)(F)[C@@H]3CC[C@H]43)cccc12. The Morgan fingerprint density at radius 1 is 0.923 bits per heavy atom. The molecule has 22 heteroatoms. The Balaban J connectivity index is 1.30. The van der Waals surface area contributed by atoms with Crippen molar-refractivity contribution in [2.24, 2.45) is 5.92 Å². The van der Waals surface area contributed by atoms with Crippen LogP contribution in [0.25, 0.3) is 22.0 Å². The normalized spacial score (nSPS) is 18.5. The molecule has 2 fully saturated rings. The van der Waals surface area contributed by atoms with Gasteiger partial charge in [0.15, 0.2) is 15.7 Å². The molecule has 0 unspecified atom stereocenters. The summed E-state index contributed by atoms with van der Waals surface area (Å²) in [6, 6.07) is 8.11. The molecule has 65 heavy (non-hydrogen) atoms. The van der Waals surface area contributed by atoms with Gasteiger partial charge in [-0.05, 0) is 101 Å². The molecule has 3 heterocycles. The Morgan fingerprint density at radius 3 is 2.25 bits per heavy atom. The maximum absolute atomic E-state index is 15.8. The number of para-hydroxylation sites is 1. The van der Waals surface area contributed by atoms with Gasteiger partial charge in [-0.2, -0.15) is 19.0 Å².